The van der Waals surface area contributed by atoms with Gasteiger partial charge in [0.2, 0.25) is 0 Å². The molecule has 1 amide bonds. The molecule has 2 aromatic rings. The maximum absolute atomic E-state index is 11.5. The fourth-order valence-electron chi connectivity index (χ4n) is 3.77. The minimum atomic E-state index is -0.567. The lowest BCUT2D eigenvalue weighted by Crippen LogP contribution is -2.17. The first kappa shape index (κ1) is 19.0. The van der Waals surface area contributed by atoms with Crippen molar-refractivity contribution in [1.29, 1.82) is 0 Å². The normalized spacial score (nSPS) is 19.5. The average Bonchev–Trinajstić information content (AvgIpc) is 2.69. The van der Waals surface area contributed by atoms with Crippen LogP contribution in [0.2, 0.25) is 0 Å². The molecule has 27 heavy (non-hydrogen) atoms. The number of benzene rings is 1. The van der Waals surface area contributed by atoms with Crippen molar-refractivity contribution >= 4 is 11.9 Å². The molecule has 1 aromatic carbocycles. The van der Waals surface area contributed by atoms with E-state index in [1.54, 1.807) is 13.1 Å². The Bertz CT molecular complexity index is 825. The van der Waals surface area contributed by atoms with Crippen LogP contribution >= 0.6 is 0 Å². The third-order valence-corrected chi connectivity index (χ3v) is 5.40. The van der Waals surface area contributed by atoms with Crippen LogP contribution in [0.3, 0.4) is 0 Å². The number of amides is 1. The minimum absolute atomic E-state index is 0.114. The van der Waals surface area contributed by atoms with Gasteiger partial charge in [-0.1, -0.05) is 24.3 Å². The van der Waals surface area contributed by atoms with E-state index in [4.69, 9.17) is 10.5 Å². The summed E-state index contributed by atoms with van der Waals surface area (Å²) >= 11 is 0. The first-order valence-electron chi connectivity index (χ1n) is 9.28. The van der Waals surface area contributed by atoms with Gasteiger partial charge in [0.25, 0.3) is 5.91 Å². The van der Waals surface area contributed by atoms with E-state index >= 15 is 0 Å². The maximum atomic E-state index is 11.5. The first-order chi connectivity index (χ1) is 13.0. The predicted molar refractivity (Wildman–Crippen MR) is 102 cm³/mol. The molecule has 1 aromatic heterocycles. The molecule has 0 spiro atoms. The SMILES string of the molecule is COC(=O)CC1CCC(c2ccc(-c3cnc(C)c(C(N)=O)n3)cc2)CC1. The molecule has 0 bridgehead atoms. The molecule has 6 heteroatoms. The molecule has 6 nitrogen and oxygen atoms in total. The van der Waals surface area contributed by atoms with Gasteiger partial charge in [0.1, 0.15) is 5.69 Å². The van der Waals surface area contributed by atoms with Gasteiger partial charge in [-0.2, -0.15) is 0 Å². The number of carbonyl (C=O) groups is 2. The van der Waals surface area contributed by atoms with E-state index in [2.05, 4.69) is 22.1 Å². The molecule has 0 unspecified atom stereocenters. The third-order valence-electron chi connectivity index (χ3n) is 5.40. The average molecular weight is 367 g/mol. The maximum Gasteiger partial charge on any atom is 0.305 e. The summed E-state index contributed by atoms with van der Waals surface area (Å²) < 4.78 is 4.77. The molecule has 2 N–H and O–H groups in total. The fraction of sp³-hybridized carbons (Fsp3) is 0.429. The van der Waals surface area contributed by atoms with E-state index in [0.717, 1.165) is 31.2 Å². The second-order valence-electron chi connectivity index (χ2n) is 7.17. The van der Waals surface area contributed by atoms with Crippen LogP contribution in [0.5, 0.6) is 0 Å². The van der Waals surface area contributed by atoms with Crippen LogP contribution in [0.1, 0.15) is 59.8 Å². The van der Waals surface area contributed by atoms with Crippen LogP contribution in [0.4, 0.5) is 0 Å². The number of aryl methyl sites for hydroxylation is 1. The van der Waals surface area contributed by atoms with E-state index in [1.165, 1.54) is 12.7 Å². The molecule has 1 aliphatic rings. The van der Waals surface area contributed by atoms with Crippen molar-refractivity contribution in [3.63, 3.8) is 0 Å². The molecule has 0 aliphatic heterocycles. The van der Waals surface area contributed by atoms with E-state index in [9.17, 15) is 9.59 Å². The van der Waals surface area contributed by atoms with Gasteiger partial charge in [0.15, 0.2) is 0 Å². The number of nitrogens with zero attached hydrogens (tertiary/aromatic N) is 2. The molecule has 0 atom stereocenters. The molecule has 1 fully saturated rings. The van der Waals surface area contributed by atoms with E-state index in [1.807, 2.05) is 12.1 Å². The van der Waals surface area contributed by atoms with Crippen LogP contribution in [-0.4, -0.2) is 29.0 Å². The van der Waals surface area contributed by atoms with Gasteiger partial charge in [0, 0.05) is 12.0 Å². The standard InChI is InChI=1S/C21H25N3O3/c1-13-20(21(22)26)24-18(12-23-13)17-9-7-16(8-10-17)15-5-3-14(4-6-15)11-19(25)27-2/h7-10,12,14-15H,3-6,11H2,1-2H3,(H2,22,26). The van der Waals surface area contributed by atoms with Gasteiger partial charge in [-0.25, -0.2) is 4.98 Å². The number of rotatable bonds is 5. The Hall–Kier alpha value is -2.76. The highest BCUT2D eigenvalue weighted by Crippen LogP contribution is 2.37. The number of methoxy groups -OCH3 is 1. The molecule has 0 radical (unpaired) electrons. The largest absolute Gasteiger partial charge is 0.469 e. The summed E-state index contributed by atoms with van der Waals surface area (Å²) in [7, 11) is 1.44. The monoisotopic (exact) mass is 367 g/mol. The molecule has 142 valence electrons. The lowest BCUT2D eigenvalue weighted by molar-refractivity contribution is -0.142. The number of primary amides is 1. The van der Waals surface area contributed by atoms with Crippen molar-refractivity contribution < 1.29 is 14.3 Å². The molecular formula is C21H25N3O3. The number of nitrogens with two attached hydrogens (primary N) is 1. The quantitative estimate of drug-likeness (QED) is 0.817. The van der Waals surface area contributed by atoms with Crippen molar-refractivity contribution in [2.75, 3.05) is 7.11 Å². The van der Waals surface area contributed by atoms with E-state index in [0.29, 0.717) is 29.6 Å². The molecule has 3 rings (SSSR count). The van der Waals surface area contributed by atoms with Crippen LogP contribution in [-0.2, 0) is 9.53 Å². The Labute approximate surface area is 159 Å². The highest BCUT2D eigenvalue weighted by molar-refractivity contribution is 5.92. The zero-order valence-electron chi connectivity index (χ0n) is 15.8. The lowest BCUT2D eigenvalue weighted by atomic mass is 9.77. The summed E-state index contributed by atoms with van der Waals surface area (Å²) in [6.45, 7) is 1.72. The van der Waals surface area contributed by atoms with E-state index < -0.39 is 5.91 Å². The van der Waals surface area contributed by atoms with Gasteiger partial charge in [-0.3, -0.25) is 14.6 Å². The van der Waals surface area contributed by atoms with Crippen molar-refractivity contribution in [2.24, 2.45) is 11.7 Å². The van der Waals surface area contributed by atoms with Crippen LogP contribution in [0.15, 0.2) is 30.5 Å². The summed E-state index contributed by atoms with van der Waals surface area (Å²) in [5, 5.41) is 0. The van der Waals surface area contributed by atoms with Crippen molar-refractivity contribution in [3.8, 4) is 11.3 Å². The number of aromatic nitrogens is 2. The summed E-state index contributed by atoms with van der Waals surface area (Å²) in [5.74, 6) is 0.265. The zero-order chi connectivity index (χ0) is 19.4. The van der Waals surface area contributed by atoms with Crippen LogP contribution in [0, 0.1) is 12.8 Å². The van der Waals surface area contributed by atoms with Gasteiger partial charge >= 0.3 is 5.97 Å². The predicted octanol–water partition coefficient (Wildman–Crippen LogP) is 3.39. The molecule has 1 saturated carbocycles. The second-order valence-corrected chi connectivity index (χ2v) is 7.17. The summed E-state index contributed by atoms with van der Waals surface area (Å²) in [6.07, 6.45) is 6.44. The topological polar surface area (TPSA) is 95.2 Å². The number of hydrogen-bond donors (Lipinski definition) is 1. The number of esters is 1. The Morgan fingerprint density at radius 3 is 2.41 bits per heavy atom. The third kappa shape index (κ3) is 4.51. The molecule has 1 heterocycles. The number of carbonyl (C=O) groups excluding carboxylic acids is 2. The minimum Gasteiger partial charge on any atom is -0.469 e. The first-order valence-corrected chi connectivity index (χ1v) is 9.28. The molecule has 1 aliphatic carbocycles. The summed E-state index contributed by atoms with van der Waals surface area (Å²) in [6, 6.07) is 8.26. The summed E-state index contributed by atoms with van der Waals surface area (Å²) in [5.41, 5.74) is 8.95. The van der Waals surface area contributed by atoms with Gasteiger partial charge in [-0.15, -0.1) is 0 Å². The Morgan fingerprint density at radius 2 is 1.81 bits per heavy atom. The lowest BCUT2D eigenvalue weighted by Gasteiger charge is -2.28. The Morgan fingerprint density at radius 1 is 1.15 bits per heavy atom. The summed E-state index contributed by atoms with van der Waals surface area (Å²) in [4.78, 5) is 31.5. The second kappa shape index (κ2) is 8.29. The molecular weight excluding hydrogens is 342 g/mol. The van der Waals surface area contributed by atoms with Crippen molar-refractivity contribution in [3.05, 3.63) is 47.4 Å². The highest BCUT2D eigenvalue weighted by atomic mass is 16.5. The fourth-order valence-corrected chi connectivity index (χ4v) is 3.77. The Kier molecular flexibility index (Phi) is 5.84. The van der Waals surface area contributed by atoms with Gasteiger partial charge in [0.05, 0.1) is 24.7 Å². The number of ether oxygens (including phenoxy) is 1. The smallest absolute Gasteiger partial charge is 0.305 e. The van der Waals surface area contributed by atoms with Crippen molar-refractivity contribution in [1.82, 2.24) is 9.97 Å². The van der Waals surface area contributed by atoms with E-state index in [-0.39, 0.29) is 11.7 Å². The number of hydrogen-bond acceptors (Lipinski definition) is 5. The van der Waals surface area contributed by atoms with Crippen molar-refractivity contribution in [2.45, 2.75) is 44.9 Å². The zero-order valence-corrected chi connectivity index (χ0v) is 15.8. The van der Waals surface area contributed by atoms with Gasteiger partial charge < -0.3 is 10.5 Å². The molecule has 0 saturated heterocycles. The van der Waals surface area contributed by atoms with Crippen LogP contribution in [0.25, 0.3) is 11.3 Å². The van der Waals surface area contributed by atoms with Crippen LogP contribution < -0.4 is 5.73 Å². The highest BCUT2D eigenvalue weighted by Gasteiger charge is 2.24. The van der Waals surface area contributed by atoms with Gasteiger partial charge in [-0.05, 0) is 50.0 Å². The Balaban J connectivity index is 1.67.